The zero-order valence-electron chi connectivity index (χ0n) is 12.1. The number of aromatic carboxylic acids is 1. The molecule has 1 aromatic rings. The van der Waals surface area contributed by atoms with Crippen LogP contribution in [0.5, 0.6) is 0 Å². The first kappa shape index (κ1) is 14.9. The summed E-state index contributed by atoms with van der Waals surface area (Å²) in [6.07, 6.45) is 6.07. The number of nitrogens with one attached hydrogen (secondary N) is 1. The summed E-state index contributed by atoms with van der Waals surface area (Å²) < 4.78 is 0. The van der Waals surface area contributed by atoms with Crippen LogP contribution in [-0.4, -0.2) is 34.1 Å². The Bertz CT molecular complexity index is 629. The van der Waals surface area contributed by atoms with Crippen molar-refractivity contribution in [2.45, 2.75) is 32.4 Å². The summed E-state index contributed by atoms with van der Waals surface area (Å²) in [5, 5.41) is 11.8. The Hall–Kier alpha value is -2.48. The van der Waals surface area contributed by atoms with Crippen LogP contribution in [0.4, 0.5) is 4.79 Å². The highest BCUT2D eigenvalue weighted by Crippen LogP contribution is 2.21. The van der Waals surface area contributed by atoms with Crippen LogP contribution in [0.2, 0.25) is 0 Å². The second-order valence-corrected chi connectivity index (χ2v) is 5.66. The minimum atomic E-state index is -0.965. The van der Waals surface area contributed by atoms with Crippen molar-refractivity contribution in [1.29, 1.82) is 0 Å². The third kappa shape index (κ3) is 3.34. The number of nitrogens with zero attached hydrogens (tertiary/aromatic N) is 1. The van der Waals surface area contributed by atoms with Gasteiger partial charge in [-0.15, -0.1) is 6.42 Å². The first-order chi connectivity index (χ1) is 9.82. The van der Waals surface area contributed by atoms with Crippen LogP contribution in [0.15, 0.2) is 18.2 Å². The molecular formula is C16H18N2O3. The van der Waals surface area contributed by atoms with Gasteiger partial charge in [-0.1, -0.05) is 12.0 Å². The van der Waals surface area contributed by atoms with Gasteiger partial charge in [-0.2, -0.15) is 0 Å². The van der Waals surface area contributed by atoms with Crippen LogP contribution in [0.3, 0.4) is 0 Å². The number of carbonyl (C=O) groups excluding carboxylic acids is 1. The van der Waals surface area contributed by atoms with Crippen LogP contribution < -0.4 is 5.32 Å². The zero-order chi connectivity index (χ0) is 15.6. The minimum Gasteiger partial charge on any atom is -0.478 e. The summed E-state index contributed by atoms with van der Waals surface area (Å²) in [4.78, 5) is 24.9. The highest BCUT2D eigenvalue weighted by Gasteiger charge is 2.25. The zero-order valence-corrected chi connectivity index (χ0v) is 12.1. The fourth-order valence-electron chi connectivity index (χ4n) is 2.25. The molecule has 1 heterocycles. The maximum atomic E-state index is 12.2. The lowest BCUT2D eigenvalue weighted by Gasteiger charge is -2.31. The average molecular weight is 286 g/mol. The van der Waals surface area contributed by atoms with E-state index in [0.717, 1.165) is 11.1 Å². The second kappa shape index (κ2) is 5.49. The Morgan fingerprint density at radius 1 is 1.38 bits per heavy atom. The van der Waals surface area contributed by atoms with Gasteiger partial charge in [0.2, 0.25) is 0 Å². The summed E-state index contributed by atoms with van der Waals surface area (Å²) >= 11 is 0. The normalized spacial score (nSPS) is 14.0. The third-order valence-electron chi connectivity index (χ3n) is 3.53. The standard InChI is InChI=1S/C16H18N2O3/c1-4-16(2,3)17-15(21)18-8-7-11-5-6-12(14(19)20)9-13(11)10-18/h1,5-6,9H,7-8,10H2,2-3H3,(H,17,21)(H,19,20). The molecule has 0 spiro atoms. The van der Waals surface area contributed by atoms with E-state index in [-0.39, 0.29) is 11.6 Å². The van der Waals surface area contributed by atoms with E-state index in [2.05, 4.69) is 11.2 Å². The number of urea groups is 1. The number of terminal acetylenes is 1. The van der Waals surface area contributed by atoms with Crippen LogP contribution in [0, 0.1) is 12.3 Å². The third-order valence-corrected chi connectivity index (χ3v) is 3.53. The van der Waals surface area contributed by atoms with Gasteiger partial charge in [0.05, 0.1) is 11.1 Å². The smallest absolute Gasteiger partial charge is 0.335 e. The fourth-order valence-corrected chi connectivity index (χ4v) is 2.25. The van der Waals surface area contributed by atoms with Crippen molar-refractivity contribution in [2.24, 2.45) is 0 Å². The number of carboxylic acid groups (broad SMARTS) is 1. The number of hydrogen-bond acceptors (Lipinski definition) is 2. The Balaban J connectivity index is 2.15. The highest BCUT2D eigenvalue weighted by atomic mass is 16.4. The van der Waals surface area contributed by atoms with E-state index in [4.69, 9.17) is 11.5 Å². The number of fused-ring (bicyclic) bond motifs is 1. The minimum absolute atomic E-state index is 0.232. The quantitative estimate of drug-likeness (QED) is 0.815. The number of carboxylic acids is 1. The summed E-state index contributed by atoms with van der Waals surface area (Å²) in [5.74, 6) is 1.55. The first-order valence-corrected chi connectivity index (χ1v) is 6.72. The molecule has 5 heteroatoms. The molecule has 110 valence electrons. The molecule has 1 aromatic carbocycles. The van der Waals surface area contributed by atoms with Crippen molar-refractivity contribution in [2.75, 3.05) is 6.54 Å². The lowest BCUT2D eigenvalue weighted by Crippen LogP contribution is -2.50. The topological polar surface area (TPSA) is 69.6 Å². The van der Waals surface area contributed by atoms with E-state index in [1.165, 1.54) is 0 Å². The summed E-state index contributed by atoms with van der Waals surface area (Å²) in [6.45, 7) is 4.49. The van der Waals surface area contributed by atoms with E-state index in [0.29, 0.717) is 19.5 Å². The van der Waals surface area contributed by atoms with E-state index in [9.17, 15) is 9.59 Å². The van der Waals surface area contributed by atoms with Crippen molar-refractivity contribution >= 4 is 12.0 Å². The SMILES string of the molecule is C#CC(C)(C)NC(=O)N1CCc2ccc(C(=O)O)cc2C1. The average Bonchev–Trinajstić information content (AvgIpc) is 2.45. The number of rotatable bonds is 2. The van der Waals surface area contributed by atoms with Crippen molar-refractivity contribution < 1.29 is 14.7 Å². The number of carbonyl (C=O) groups is 2. The van der Waals surface area contributed by atoms with Crippen molar-refractivity contribution in [3.05, 3.63) is 34.9 Å². The van der Waals surface area contributed by atoms with E-state index in [1.54, 1.807) is 30.9 Å². The molecule has 0 bridgehead atoms. The van der Waals surface area contributed by atoms with E-state index in [1.807, 2.05) is 6.07 Å². The fraction of sp³-hybridized carbons (Fsp3) is 0.375. The molecular weight excluding hydrogens is 268 g/mol. The number of hydrogen-bond donors (Lipinski definition) is 2. The Morgan fingerprint density at radius 3 is 2.71 bits per heavy atom. The van der Waals surface area contributed by atoms with Gasteiger partial charge in [-0.25, -0.2) is 9.59 Å². The Kier molecular flexibility index (Phi) is 3.90. The van der Waals surface area contributed by atoms with Gasteiger partial charge in [0.15, 0.2) is 0 Å². The van der Waals surface area contributed by atoms with Crippen molar-refractivity contribution in [1.82, 2.24) is 10.2 Å². The molecule has 0 fully saturated rings. The molecule has 0 aromatic heterocycles. The predicted molar refractivity (Wildman–Crippen MR) is 79.0 cm³/mol. The van der Waals surface area contributed by atoms with E-state index >= 15 is 0 Å². The summed E-state index contributed by atoms with van der Waals surface area (Å²) in [7, 11) is 0. The van der Waals surface area contributed by atoms with Crippen LogP contribution in [0.25, 0.3) is 0 Å². The maximum Gasteiger partial charge on any atom is 0.335 e. The largest absolute Gasteiger partial charge is 0.478 e. The molecule has 0 aliphatic carbocycles. The molecule has 0 saturated heterocycles. The molecule has 2 rings (SSSR count). The Morgan fingerprint density at radius 2 is 2.10 bits per heavy atom. The molecule has 1 aliphatic rings. The van der Waals surface area contributed by atoms with Gasteiger partial charge in [0.1, 0.15) is 0 Å². The second-order valence-electron chi connectivity index (χ2n) is 5.66. The molecule has 1 aliphatic heterocycles. The summed E-state index contributed by atoms with van der Waals surface area (Å²) in [5.41, 5.74) is 1.48. The molecule has 0 saturated carbocycles. The van der Waals surface area contributed by atoms with Crippen LogP contribution in [0.1, 0.15) is 35.3 Å². The Labute approximate surface area is 124 Å². The lowest BCUT2D eigenvalue weighted by atomic mass is 9.97. The lowest BCUT2D eigenvalue weighted by molar-refractivity contribution is 0.0696. The van der Waals surface area contributed by atoms with Gasteiger partial charge in [0, 0.05) is 13.1 Å². The van der Waals surface area contributed by atoms with Crippen molar-refractivity contribution in [3.8, 4) is 12.3 Å². The van der Waals surface area contributed by atoms with Gasteiger partial charge < -0.3 is 15.3 Å². The maximum absolute atomic E-state index is 12.2. The van der Waals surface area contributed by atoms with Crippen LogP contribution >= 0.6 is 0 Å². The number of amides is 2. The van der Waals surface area contributed by atoms with Gasteiger partial charge in [0.25, 0.3) is 0 Å². The molecule has 5 nitrogen and oxygen atoms in total. The molecule has 2 N–H and O–H groups in total. The molecule has 2 amide bonds. The van der Waals surface area contributed by atoms with Gasteiger partial charge in [-0.05, 0) is 43.5 Å². The van der Waals surface area contributed by atoms with Crippen molar-refractivity contribution in [3.63, 3.8) is 0 Å². The molecule has 0 atom stereocenters. The summed E-state index contributed by atoms with van der Waals surface area (Å²) in [6, 6.07) is 4.81. The van der Waals surface area contributed by atoms with E-state index < -0.39 is 11.5 Å². The first-order valence-electron chi connectivity index (χ1n) is 6.72. The highest BCUT2D eigenvalue weighted by molar-refractivity contribution is 5.88. The predicted octanol–water partition coefficient (Wildman–Crippen LogP) is 1.86. The molecule has 0 unspecified atom stereocenters. The number of benzene rings is 1. The molecule has 0 radical (unpaired) electrons. The van der Waals surface area contributed by atoms with Gasteiger partial charge >= 0.3 is 12.0 Å². The van der Waals surface area contributed by atoms with Crippen LogP contribution in [-0.2, 0) is 13.0 Å². The van der Waals surface area contributed by atoms with Gasteiger partial charge in [-0.3, -0.25) is 0 Å². The monoisotopic (exact) mass is 286 g/mol. The molecule has 21 heavy (non-hydrogen) atoms.